The van der Waals surface area contributed by atoms with E-state index in [1.54, 1.807) is 0 Å². The van der Waals surface area contributed by atoms with Gasteiger partial charge in [-0.15, -0.1) is 0 Å². The minimum atomic E-state index is -2.22. The summed E-state index contributed by atoms with van der Waals surface area (Å²) in [6.07, 6.45) is 0.207. The molecule has 0 radical (unpaired) electrons. The zero-order valence-corrected chi connectivity index (χ0v) is 17.3. The number of carbonyl (C=O) groups excluding carboxylic acids is 2. The molecule has 136 valence electrons. The van der Waals surface area contributed by atoms with Gasteiger partial charge in [0.15, 0.2) is 0 Å². The molecule has 23 heavy (non-hydrogen) atoms. The Morgan fingerprint density at radius 3 is 2.04 bits per heavy atom. The van der Waals surface area contributed by atoms with Crippen molar-refractivity contribution in [1.29, 1.82) is 0 Å². The van der Waals surface area contributed by atoms with E-state index in [1.807, 2.05) is 40.8 Å². The summed E-state index contributed by atoms with van der Waals surface area (Å²) in [4.78, 5) is 24.5. The van der Waals surface area contributed by atoms with Crippen molar-refractivity contribution < 1.29 is 18.8 Å². The van der Waals surface area contributed by atoms with E-state index < -0.39 is 20.5 Å². The number of rotatable bonds is 7. The summed E-state index contributed by atoms with van der Waals surface area (Å²) in [6, 6.07) is -0.672. The molecule has 0 aliphatic carbocycles. The van der Waals surface area contributed by atoms with Gasteiger partial charge in [-0.2, -0.15) is 0 Å². The zero-order valence-electron chi connectivity index (χ0n) is 16.3. The van der Waals surface area contributed by atoms with Crippen LogP contribution in [-0.4, -0.2) is 33.0 Å². The fraction of sp³-hybridized carbons (Fsp3) is 0.882. The molecule has 2 atom stereocenters. The van der Waals surface area contributed by atoms with Crippen LogP contribution in [-0.2, 0) is 14.0 Å². The maximum atomic E-state index is 12.6. The lowest BCUT2D eigenvalue weighted by molar-refractivity contribution is -0.139. The number of ether oxygens (including phenoxy) is 1. The van der Waals surface area contributed by atoms with Crippen molar-refractivity contribution in [3.8, 4) is 0 Å². The van der Waals surface area contributed by atoms with Crippen molar-refractivity contribution in [2.24, 2.45) is 11.8 Å². The normalized spacial score (nSPS) is 15.0. The fourth-order valence-electron chi connectivity index (χ4n) is 1.55. The summed E-state index contributed by atoms with van der Waals surface area (Å²) in [5.74, 6) is -0.117. The second-order valence-corrected chi connectivity index (χ2v) is 12.9. The van der Waals surface area contributed by atoms with Gasteiger partial charge in [0.2, 0.25) is 0 Å². The molecule has 0 saturated heterocycles. The molecule has 5 nitrogen and oxygen atoms in total. The Hall–Kier alpha value is -1.04. The van der Waals surface area contributed by atoms with Crippen LogP contribution in [0.15, 0.2) is 0 Å². The number of amides is 1. The van der Waals surface area contributed by atoms with Gasteiger partial charge < -0.3 is 14.5 Å². The monoisotopic (exact) mass is 345 g/mol. The van der Waals surface area contributed by atoms with Gasteiger partial charge in [0.05, 0.1) is 6.61 Å². The van der Waals surface area contributed by atoms with E-state index in [4.69, 9.17) is 9.16 Å². The molecule has 0 bridgehead atoms. The molecule has 0 aromatic heterocycles. The van der Waals surface area contributed by atoms with Gasteiger partial charge in [-0.25, -0.2) is 4.79 Å². The third-order valence-electron chi connectivity index (χ3n) is 4.45. The van der Waals surface area contributed by atoms with Crippen LogP contribution in [0.5, 0.6) is 0 Å². The quantitative estimate of drug-likeness (QED) is 0.697. The second-order valence-electron chi connectivity index (χ2n) is 8.18. The molecule has 0 spiro atoms. The summed E-state index contributed by atoms with van der Waals surface area (Å²) in [5.41, 5.74) is 0. The third-order valence-corrected chi connectivity index (χ3v) is 8.77. The van der Waals surface area contributed by atoms with Gasteiger partial charge in [-0.1, -0.05) is 54.9 Å². The van der Waals surface area contributed by atoms with Crippen LogP contribution in [0.2, 0.25) is 18.1 Å². The summed E-state index contributed by atoms with van der Waals surface area (Å²) >= 11 is 0. The van der Waals surface area contributed by atoms with E-state index in [0.29, 0.717) is 6.61 Å². The first kappa shape index (κ1) is 22.0. The molecular formula is C17H35NO4Si. The molecule has 0 rings (SSSR count). The molecule has 0 heterocycles. The van der Waals surface area contributed by atoms with Crippen molar-refractivity contribution in [2.75, 3.05) is 6.61 Å². The van der Waals surface area contributed by atoms with Gasteiger partial charge in [0.1, 0.15) is 6.04 Å². The van der Waals surface area contributed by atoms with Gasteiger partial charge >= 0.3 is 12.1 Å². The predicted molar refractivity (Wildman–Crippen MR) is 95.9 cm³/mol. The first-order valence-corrected chi connectivity index (χ1v) is 11.4. The van der Waals surface area contributed by atoms with Gasteiger partial charge in [-0.05, 0) is 30.0 Å². The standard InChI is InChI=1S/C17H35NO4Si/c1-10-13(4)14(18-16(20)21-11-12(2)3)15(19)22-23(8,9)17(5,6)7/h12-14H,10-11H2,1-9H3,(H,18,20)/t13-,14?/m0/s1. The summed E-state index contributed by atoms with van der Waals surface area (Å²) < 4.78 is 11.0. The summed E-state index contributed by atoms with van der Waals surface area (Å²) in [5, 5.41) is 2.61. The Morgan fingerprint density at radius 2 is 1.65 bits per heavy atom. The first-order valence-electron chi connectivity index (χ1n) is 8.48. The molecule has 6 heteroatoms. The topological polar surface area (TPSA) is 64.6 Å². The predicted octanol–water partition coefficient (Wildman–Crippen LogP) is 4.33. The molecule has 0 saturated carbocycles. The van der Waals surface area contributed by atoms with Crippen molar-refractivity contribution >= 4 is 20.4 Å². The molecule has 0 aliphatic heterocycles. The second kappa shape index (κ2) is 8.71. The third kappa shape index (κ3) is 7.37. The molecule has 1 unspecified atom stereocenters. The summed E-state index contributed by atoms with van der Waals surface area (Å²) in [6.45, 7) is 18.5. The number of hydrogen-bond acceptors (Lipinski definition) is 4. The van der Waals surface area contributed by atoms with E-state index in [-0.39, 0.29) is 22.8 Å². The highest BCUT2D eigenvalue weighted by Crippen LogP contribution is 2.37. The number of nitrogens with one attached hydrogen (secondary N) is 1. The average molecular weight is 346 g/mol. The van der Waals surface area contributed by atoms with Crippen molar-refractivity contribution in [3.05, 3.63) is 0 Å². The minimum absolute atomic E-state index is 0.0149. The van der Waals surface area contributed by atoms with Crippen LogP contribution in [0.4, 0.5) is 4.79 Å². The molecule has 0 aromatic carbocycles. The van der Waals surface area contributed by atoms with E-state index in [2.05, 4.69) is 26.1 Å². The van der Waals surface area contributed by atoms with Crippen LogP contribution < -0.4 is 5.32 Å². The largest absolute Gasteiger partial charge is 0.518 e. The molecule has 0 aromatic rings. The minimum Gasteiger partial charge on any atom is -0.518 e. The Morgan fingerprint density at radius 1 is 1.13 bits per heavy atom. The van der Waals surface area contributed by atoms with E-state index in [9.17, 15) is 9.59 Å². The average Bonchev–Trinajstić information content (AvgIpc) is 2.39. The van der Waals surface area contributed by atoms with Crippen LogP contribution in [0.3, 0.4) is 0 Å². The highest BCUT2D eigenvalue weighted by Gasteiger charge is 2.42. The van der Waals surface area contributed by atoms with Gasteiger partial charge in [0, 0.05) is 0 Å². The molecule has 1 N–H and O–H groups in total. The molecular weight excluding hydrogens is 310 g/mol. The van der Waals surface area contributed by atoms with E-state index in [1.165, 1.54) is 0 Å². The zero-order chi connectivity index (χ0) is 18.4. The fourth-order valence-corrected chi connectivity index (χ4v) is 2.48. The van der Waals surface area contributed by atoms with Gasteiger partial charge in [0.25, 0.3) is 8.32 Å². The number of carbonyl (C=O) groups is 2. The highest BCUT2D eigenvalue weighted by atomic mass is 28.4. The lowest BCUT2D eigenvalue weighted by Crippen LogP contribution is -2.51. The van der Waals surface area contributed by atoms with Gasteiger partial charge in [-0.3, -0.25) is 4.79 Å². The number of alkyl carbamates (subject to hydrolysis) is 1. The van der Waals surface area contributed by atoms with Crippen LogP contribution in [0, 0.1) is 11.8 Å². The smallest absolute Gasteiger partial charge is 0.407 e. The molecule has 0 aliphatic rings. The van der Waals surface area contributed by atoms with Crippen LogP contribution in [0.1, 0.15) is 54.9 Å². The van der Waals surface area contributed by atoms with Crippen molar-refractivity contribution in [2.45, 2.75) is 79.1 Å². The highest BCUT2D eigenvalue weighted by molar-refractivity contribution is 6.75. The lowest BCUT2D eigenvalue weighted by Gasteiger charge is -2.37. The maximum absolute atomic E-state index is 12.6. The Balaban J connectivity index is 4.97. The summed E-state index contributed by atoms with van der Waals surface area (Å²) in [7, 11) is -2.22. The Bertz CT molecular complexity index is 402. The SMILES string of the molecule is CC[C@H](C)C(NC(=O)OCC(C)C)C(=O)O[Si](C)(C)C(C)(C)C. The first-order chi connectivity index (χ1) is 10.3. The van der Waals surface area contributed by atoms with Crippen molar-refractivity contribution in [3.63, 3.8) is 0 Å². The molecule has 0 fully saturated rings. The van der Waals surface area contributed by atoms with E-state index >= 15 is 0 Å². The van der Waals surface area contributed by atoms with Crippen LogP contribution in [0.25, 0.3) is 0 Å². The number of hydrogen-bond donors (Lipinski definition) is 1. The Kier molecular flexibility index (Phi) is 8.31. The van der Waals surface area contributed by atoms with Crippen molar-refractivity contribution in [1.82, 2.24) is 5.32 Å². The molecule has 1 amide bonds. The lowest BCUT2D eigenvalue weighted by atomic mass is 10.00. The van der Waals surface area contributed by atoms with Crippen LogP contribution >= 0.6 is 0 Å². The Labute approximate surface area is 142 Å². The maximum Gasteiger partial charge on any atom is 0.407 e. The van der Waals surface area contributed by atoms with E-state index in [0.717, 1.165) is 6.42 Å².